The zero-order chi connectivity index (χ0) is 49.3. The maximum absolute atomic E-state index is 14.3. The number of anilines is 2. The van der Waals surface area contributed by atoms with Gasteiger partial charge in [-0.15, -0.1) is 11.8 Å². The number of amides is 1. The molecule has 0 saturated carbocycles. The van der Waals surface area contributed by atoms with Gasteiger partial charge in [0, 0.05) is 85.3 Å². The van der Waals surface area contributed by atoms with Crippen molar-refractivity contribution < 1.29 is 49.4 Å². The molecule has 20 heteroatoms. The lowest BCUT2D eigenvalue weighted by atomic mass is 9.84. The molecule has 4 N–H and O–H groups in total. The number of hydrogen-bond acceptors (Lipinski definition) is 12. The summed E-state index contributed by atoms with van der Waals surface area (Å²) in [4.78, 5) is 18.2. The number of rotatable bonds is 19. The number of carbonyl (C=O) groups excluding carboxylic acids is 1. The molecule has 0 bridgehead atoms. The molecule has 7 rings (SSSR count). The molecule has 0 spiro atoms. The summed E-state index contributed by atoms with van der Waals surface area (Å²) < 4.78 is 111. The Morgan fingerprint density at radius 3 is 2.09 bits per heavy atom. The lowest BCUT2D eigenvalue weighted by molar-refractivity contribution is -0.0436. The van der Waals surface area contributed by atoms with E-state index in [1.165, 1.54) is 23.9 Å². The first-order chi connectivity index (χ1) is 32.9. The molecule has 2 fully saturated rings. The maximum atomic E-state index is 14.3. The van der Waals surface area contributed by atoms with Gasteiger partial charge in [0.25, 0.3) is 25.8 Å². The zero-order valence-electron chi connectivity index (χ0n) is 37.4. The number of piperidine rings is 1. The number of halogens is 5. The van der Waals surface area contributed by atoms with Crippen LogP contribution in [-0.4, -0.2) is 125 Å². The molecule has 2 aliphatic rings. The van der Waals surface area contributed by atoms with Crippen molar-refractivity contribution in [3.63, 3.8) is 0 Å². The van der Waals surface area contributed by atoms with Gasteiger partial charge in [0.1, 0.15) is 11.6 Å². The number of nitrogens with one attached hydrogen (secondary N) is 2. The average molecular weight is 1030 g/mol. The Hall–Kier alpha value is -4.73. The van der Waals surface area contributed by atoms with Crippen molar-refractivity contribution in [1.29, 1.82) is 0 Å². The summed E-state index contributed by atoms with van der Waals surface area (Å²) in [5, 5.41) is 24.8. The van der Waals surface area contributed by atoms with Gasteiger partial charge in [-0.1, -0.05) is 66.2 Å². The normalized spacial score (nSPS) is 17.0. The van der Waals surface area contributed by atoms with Crippen molar-refractivity contribution in [2.45, 2.75) is 57.7 Å². The predicted octanol–water partition coefficient (Wildman–Crippen LogP) is 8.28. The van der Waals surface area contributed by atoms with E-state index in [1.807, 2.05) is 76.4 Å². The summed E-state index contributed by atoms with van der Waals surface area (Å²) in [7, 11) is -11.0. The predicted molar refractivity (Wildman–Crippen MR) is 262 cm³/mol. The van der Waals surface area contributed by atoms with Crippen LogP contribution in [0.25, 0.3) is 11.1 Å². The minimum absolute atomic E-state index is 0.0305. The Labute approximate surface area is 409 Å². The van der Waals surface area contributed by atoms with Crippen LogP contribution in [0.5, 0.6) is 0 Å². The maximum Gasteiger partial charge on any atom is 0.501 e. The van der Waals surface area contributed by atoms with Crippen LogP contribution in [0, 0.1) is 5.92 Å². The van der Waals surface area contributed by atoms with E-state index in [2.05, 4.69) is 15.1 Å². The van der Waals surface area contributed by atoms with Gasteiger partial charge in [0.2, 0.25) is 0 Å². The first-order valence-corrected chi connectivity index (χ1v) is 26.8. The summed E-state index contributed by atoms with van der Waals surface area (Å²) in [5.74, 6) is -0.811. The monoisotopic (exact) mass is 1030 g/mol. The highest BCUT2D eigenvalue weighted by Gasteiger charge is 2.48. The molecule has 1 amide bonds. The average Bonchev–Trinajstić information content (AvgIpc) is 3.35. The minimum Gasteiger partial charge on any atom is -0.389 e. The van der Waals surface area contributed by atoms with E-state index in [4.69, 9.17) is 11.6 Å². The van der Waals surface area contributed by atoms with Crippen molar-refractivity contribution in [3.8, 4) is 11.1 Å². The number of benzene rings is 5. The molecular weight excluding hydrogens is 978 g/mol. The molecule has 0 aromatic heterocycles. The van der Waals surface area contributed by atoms with E-state index < -0.39 is 71.7 Å². The topological polar surface area (TPSA) is 160 Å². The number of carbonyl (C=O) groups is 1. The van der Waals surface area contributed by atoms with Crippen molar-refractivity contribution in [2.75, 3.05) is 75.0 Å². The SMILES string of the molecule is O=C(NS(=O)(=O)c1ccc(NC(CCN2CCN(CC(O)CF)CC2)CSc2ccccc2)c(S(=O)(=O)C(F)(F)F)c1)c1ccc(N2CCC(C(O)c3ccccc3-c3ccc(Cl)cc3)CC2)cc1. The highest BCUT2D eigenvalue weighted by molar-refractivity contribution is 7.99. The molecule has 370 valence electrons. The quantitative estimate of drug-likeness (QED) is 0.0464. The zero-order valence-corrected chi connectivity index (χ0v) is 40.6. The molecule has 5 aromatic rings. The van der Waals surface area contributed by atoms with Crippen molar-refractivity contribution in [1.82, 2.24) is 14.5 Å². The lowest BCUT2D eigenvalue weighted by Gasteiger charge is -2.36. The number of aliphatic hydroxyl groups is 2. The van der Waals surface area contributed by atoms with E-state index in [0.29, 0.717) is 81.9 Å². The van der Waals surface area contributed by atoms with Crippen LogP contribution in [0.4, 0.5) is 28.9 Å². The van der Waals surface area contributed by atoms with Crippen LogP contribution in [0.3, 0.4) is 0 Å². The molecular formula is C49H54ClF4N5O7S3. The highest BCUT2D eigenvalue weighted by Crippen LogP contribution is 2.39. The van der Waals surface area contributed by atoms with Crippen LogP contribution >= 0.6 is 23.4 Å². The fourth-order valence-corrected chi connectivity index (χ4v) is 11.7. The molecule has 0 radical (unpaired) electrons. The number of sulfonamides is 1. The second-order valence-corrected chi connectivity index (χ2v) is 22.3. The molecule has 2 aliphatic heterocycles. The Balaban J connectivity index is 1.02. The molecule has 2 heterocycles. The fourth-order valence-electron chi connectivity index (χ4n) is 8.59. The number of aliphatic hydroxyl groups excluding tert-OH is 2. The van der Waals surface area contributed by atoms with Crippen molar-refractivity contribution in [3.05, 3.63) is 137 Å². The van der Waals surface area contributed by atoms with Crippen LogP contribution in [-0.2, 0) is 19.9 Å². The number of β-amino-alcohol motifs (C(OH)–C–C–N with tert-alkyl or cyclic N) is 1. The second-order valence-electron chi connectivity index (χ2n) is 17.2. The first-order valence-electron chi connectivity index (χ1n) is 22.5. The molecule has 2 saturated heterocycles. The Bertz CT molecular complexity index is 2730. The Morgan fingerprint density at radius 2 is 1.43 bits per heavy atom. The number of alkyl halides is 4. The summed E-state index contributed by atoms with van der Waals surface area (Å²) in [5.41, 5.74) is -2.88. The molecule has 3 unspecified atom stereocenters. The summed E-state index contributed by atoms with van der Waals surface area (Å²) in [6.45, 7) is 3.30. The van der Waals surface area contributed by atoms with E-state index in [0.717, 1.165) is 39.4 Å². The first kappa shape index (κ1) is 52.1. The van der Waals surface area contributed by atoms with Gasteiger partial charge in [0.05, 0.1) is 22.8 Å². The van der Waals surface area contributed by atoms with E-state index in [1.54, 1.807) is 24.3 Å². The summed E-state index contributed by atoms with van der Waals surface area (Å²) in [6.07, 6.45) is -0.112. The van der Waals surface area contributed by atoms with E-state index >= 15 is 0 Å². The van der Waals surface area contributed by atoms with Gasteiger partial charge < -0.3 is 25.3 Å². The third-order valence-electron chi connectivity index (χ3n) is 12.5. The summed E-state index contributed by atoms with van der Waals surface area (Å²) in [6, 6.07) is 32.2. The number of thioether (sulfide) groups is 1. The van der Waals surface area contributed by atoms with Crippen LogP contribution < -0.4 is 14.9 Å². The fraction of sp³-hybridized carbons (Fsp3) is 0.367. The minimum atomic E-state index is -6.12. The van der Waals surface area contributed by atoms with Crippen molar-refractivity contribution >= 4 is 60.5 Å². The van der Waals surface area contributed by atoms with E-state index in [9.17, 15) is 49.4 Å². The number of nitrogens with zero attached hydrogens (tertiary/aromatic N) is 3. The summed E-state index contributed by atoms with van der Waals surface area (Å²) >= 11 is 7.50. The Morgan fingerprint density at radius 1 is 0.797 bits per heavy atom. The highest BCUT2D eigenvalue weighted by atomic mass is 35.5. The number of piperazine rings is 1. The van der Waals surface area contributed by atoms with Gasteiger partial charge >= 0.3 is 5.51 Å². The van der Waals surface area contributed by atoms with Crippen LogP contribution in [0.1, 0.15) is 41.3 Å². The smallest absolute Gasteiger partial charge is 0.389 e. The number of sulfone groups is 1. The van der Waals surface area contributed by atoms with Gasteiger partial charge in [-0.2, -0.15) is 13.2 Å². The van der Waals surface area contributed by atoms with E-state index in [-0.39, 0.29) is 18.0 Å². The second kappa shape index (κ2) is 23.0. The Kier molecular flexibility index (Phi) is 17.4. The third-order valence-corrected chi connectivity index (χ3v) is 16.7. The molecule has 5 aromatic carbocycles. The largest absolute Gasteiger partial charge is 0.501 e. The van der Waals surface area contributed by atoms with Gasteiger partial charge in [0.15, 0.2) is 0 Å². The number of hydrogen-bond donors (Lipinski definition) is 4. The molecule has 12 nitrogen and oxygen atoms in total. The van der Waals surface area contributed by atoms with Crippen LogP contribution in [0.2, 0.25) is 5.02 Å². The molecule has 69 heavy (non-hydrogen) atoms. The lowest BCUT2D eigenvalue weighted by Crippen LogP contribution is -2.49. The van der Waals surface area contributed by atoms with Gasteiger partial charge in [-0.25, -0.2) is 25.9 Å². The van der Waals surface area contributed by atoms with Gasteiger partial charge in [-0.3, -0.25) is 9.69 Å². The van der Waals surface area contributed by atoms with Gasteiger partial charge in [-0.05, 0) is 109 Å². The third kappa shape index (κ3) is 13.4. The molecule has 0 aliphatic carbocycles. The van der Waals surface area contributed by atoms with Crippen LogP contribution in [0.15, 0.2) is 136 Å². The van der Waals surface area contributed by atoms with Crippen molar-refractivity contribution in [2.24, 2.45) is 5.92 Å². The standard InChI is InChI=1S/C49H54ClF4N5O7S3/c50-37-14-10-34(11-15-37)43-8-4-5-9-44(43)47(61)35-20-24-59(25-21-35)39-16-12-36(13-17-39)48(62)56-69(65,66)42-18-19-45(46(30-42)68(63,64)49(52,53)54)55-38(33-67-41-6-2-1-3-7-41)22-23-57-26-28-58(29-27-57)32-40(60)31-51/h1-19,30,35,38,40,47,55,60-61H,20-29,31-33H2,(H,56,62). The molecule has 3 atom stereocenters.